The summed E-state index contributed by atoms with van der Waals surface area (Å²) in [5.41, 5.74) is -0.0142. The zero-order valence-corrected chi connectivity index (χ0v) is 8.24. The molecule has 2 fully saturated rings. The number of esters is 1. The van der Waals surface area contributed by atoms with Crippen molar-refractivity contribution < 1.29 is 9.53 Å². The number of ether oxygens (including phenoxy) is 1. The second-order valence-electron chi connectivity index (χ2n) is 3.82. The van der Waals surface area contributed by atoms with Gasteiger partial charge in [-0.2, -0.15) is 0 Å². The van der Waals surface area contributed by atoms with E-state index >= 15 is 0 Å². The van der Waals surface area contributed by atoms with Crippen molar-refractivity contribution in [2.75, 3.05) is 0 Å². The van der Waals surface area contributed by atoms with Crippen LogP contribution < -0.4 is 0 Å². The molecule has 2 unspecified atom stereocenters. The van der Waals surface area contributed by atoms with E-state index in [2.05, 4.69) is 0 Å². The summed E-state index contributed by atoms with van der Waals surface area (Å²) in [5, 5.41) is 0. The molecule has 4 heteroatoms. The Morgan fingerprint density at radius 2 is 2.00 bits per heavy atom. The van der Waals surface area contributed by atoms with Crippen LogP contribution in [0.2, 0.25) is 0 Å². The minimum absolute atomic E-state index is 0.0142. The number of allylic oxidation sites excluding steroid dienone is 1. The molecular weight excluding hydrogens is 199 g/mol. The highest BCUT2D eigenvalue weighted by atomic mass is 35.5. The molecule has 1 saturated heterocycles. The molecule has 66 valence electrons. The van der Waals surface area contributed by atoms with Gasteiger partial charge in [-0.15, -0.1) is 0 Å². The molecule has 0 aromatic heterocycles. The van der Waals surface area contributed by atoms with Gasteiger partial charge in [0.15, 0.2) is 0 Å². The summed E-state index contributed by atoms with van der Waals surface area (Å²) in [5.74, 6) is 0.340. The van der Waals surface area contributed by atoms with Crippen LogP contribution in [0.1, 0.15) is 13.8 Å². The van der Waals surface area contributed by atoms with Crippen LogP contribution in [0.15, 0.2) is 10.3 Å². The van der Waals surface area contributed by atoms with Crippen LogP contribution in [0.3, 0.4) is 0 Å². The Hall–Kier alpha value is -0.210. The van der Waals surface area contributed by atoms with Crippen molar-refractivity contribution in [3.05, 3.63) is 10.3 Å². The Kier molecular flexibility index (Phi) is 1.52. The lowest BCUT2D eigenvalue weighted by atomic mass is 10.1. The van der Waals surface area contributed by atoms with Crippen LogP contribution in [0.5, 0.6) is 0 Å². The van der Waals surface area contributed by atoms with E-state index in [9.17, 15) is 4.79 Å². The zero-order chi connectivity index (χ0) is 9.09. The fraction of sp³-hybridized carbons (Fsp3) is 0.625. The topological polar surface area (TPSA) is 26.3 Å². The summed E-state index contributed by atoms with van der Waals surface area (Å²) >= 11 is 11.1. The van der Waals surface area contributed by atoms with Crippen molar-refractivity contribution >= 4 is 29.2 Å². The third-order valence-electron chi connectivity index (χ3n) is 2.76. The van der Waals surface area contributed by atoms with Gasteiger partial charge in [-0.1, -0.05) is 37.0 Å². The van der Waals surface area contributed by atoms with Crippen LogP contribution in [0.4, 0.5) is 0 Å². The lowest BCUT2D eigenvalue weighted by Crippen LogP contribution is -2.09. The second-order valence-corrected chi connectivity index (χ2v) is 4.77. The fourth-order valence-electron chi connectivity index (χ4n) is 1.96. The highest BCUT2D eigenvalue weighted by Gasteiger charge is 2.70. The first kappa shape index (κ1) is 8.39. The number of halogens is 2. The summed E-state index contributed by atoms with van der Waals surface area (Å²) in [6.07, 6.45) is 0. The molecule has 2 rings (SSSR count). The van der Waals surface area contributed by atoms with E-state index in [1.807, 2.05) is 13.8 Å². The van der Waals surface area contributed by atoms with E-state index < -0.39 is 0 Å². The van der Waals surface area contributed by atoms with Crippen molar-refractivity contribution in [2.45, 2.75) is 13.8 Å². The molecule has 0 N–H and O–H groups in total. The Bertz CT molecular complexity index is 289. The minimum Gasteiger partial charge on any atom is -0.428 e. The molecule has 12 heavy (non-hydrogen) atoms. The predicted molar refractivity (Wildman–Crippen MR) is 45.6 cm³/mol. The number of hydrogen-bond acceptors (Lipinski definition) is 2. The predicted octanol–water partition coefficient (Wildman–Crippen LogP) is 2.46. The quantitative estimate of drug-likeness (QED) is 0.570. The standard InChI is InChI=1S/C8H8Cl2O2/c1-8(2)3-4(8)7(11)12-5(3)6(9)10/h3-4H,1-2H3. The highest BCUT2D eigenvalue weighted by Crippen LogP contribution is 2.67. The molecule has 1 aliphatic heterocycles. The maximum atomic E-state index is 11.2. The van der Waals surface area contributed by atoms with Crippen molar-refractivity contribution in [3.8, 4) is 0 Å². The third kappa shape index (κ3) is 0.852. The summed E-state index contributed by atoms with van der Waals surface area (Å²) < 4.78 is 4.98. The fourth-order valence-corrected chi connectivity index (χ4v) is 2.27. The van der Waals surface area contributed by atoms with E-state index in [0.717, 1.165) is 0 Å². The van der Waals surface area contributed by atoms with Gasteiger partial charge in [0.2, 0.25) is 0 Å². The summed E-state index contributed by atoms with van der Waals surface area (Å²) in [4.78, 5) is 11.2. The van der Waals surface area contributed by atoms with Gasteiger partial charge in [0.25, 0.3) is 0 Å². The van der Waals surface area contributed by atoms with E-state index in [4.69, 9.17) is 27.9 Å². The first-order chi connectivity index (χ1) is 5.46. The molecular formula is C8H8Cl2O2. The summed E-state index contributed by atoms with van der Waals surface area (Å²) in [7, 11) is 0. The van der Waals surface area contributed by atoms with Crippen LogP contribution in [-0.2, 0) is 9.53 Å². The highest BCUT2D eigenvalue weighted by molar-refractivity contribution is 6.56. The Morgan fingerprint density at radius 1 is 1.42 bits per heavy atom. The number of carbonyl (C=O) groups excluding carboxylic acids is 1. The van der Waals surface area contributed by atoms with Gasteiger partial charge in [0.1, 0.15) is 10.3 Å². The molecule has 0 spiro atoms. The molecule has 2 nitrogen and oxygen atoms in total. The molecule has 0 amide bonds. The van der Waals surface area contributed by atoms with Crippen LogP contribution in [-0.4, -0.2) is 5.97 Å². The molecule has 0 aromatic carbocycles. The Balaban J connectivity index is 2.37. The maximum absolute atomic E-state index is 11.2. The van der Waals surface area contributed by atoms with Crippen LogP contribution in [0.25, 0.3) is 0 Å². The molecule has 0 radical (unpaired) electrons. The van der Waals surface area contributed by atoms with Crippen LogP contribution in [0, 0.1) is 17.3 Å². The van der Waals surface area contributed by atoms with Gasteiger partial charge in [-0.05, 0) is 5.41 Å². The summed E-state index contributed by atoms with van der Waals surface area (Å²) in [6, 6.07) is 0. The second kappa shape index (κ2) is 2.18. The molecule has 2 atom stereocenters. The van der Waals surface area contributed by atoms with Gasteiger partial charge in [-0.3, -0.25) is 4.79 Å². The van der Waals surface area contributed by atoms with Gasteiger partial charge in [-0.25, -0.2) is 0 Å². The smallest absolute Gasteiger partial charge is 0.315 e. The Labute approximate surface area is 80.5 Å². The van der Waals surface area contributed by atoms with Crippen LogP contribution >= 0.6 is 23.2 Å². The van der Waals surface area contributed by atoms with Crippen molar-refractivity contribution in [3.63, 3.8) is 0 Å². The number of cyclic esters (lactones) is 1. The molecule has 0 bridgehead atoms. The van der Waals surface area contributed by atoms with E-state index in [-0.39, 0.29) is 27.7 Å². The Morgan fingerprint density at radius 3 is 2.25 bits per heavy atom. The van der Waals surface area contributed by atoms with Crippen molar-refractivity contribution in [1.82, 2.24) is 0 Å². The van der Waals surface area contributed by atoms with Gasteiger partial charge < -0.3 is 4.74 Å². The first-order valence-electron chi connectivity index (χ1n) is 3.73. The largest absolute Gasteiger partial charge is 0.428 e. The average molecular weight is 207 g/mol. The lowest BCUT2D eigenvalue weighted by Gasteiger charge is -2.09. The number of fused-ring (bicyclic) bond motifs is 1. The summed E-state index contributed by atoms with van der Waals surface area (Å²) in [6.45, 7) is 4.03. The monoisotopic (exact) mass is 206 g/mol. The van der Waals surface area contributed by atoms with E-state index in [1.54, 1.807) is 0 Å². The number of carbonyl (C=O) groups is 1. The number of rotatable bonds is 0. The van der Waals surface area contributed by atoms with Crippen molar-refractivity contribution in [2.24, 2.45) is 17.3 Å². The molecule has 2 aliphatic rings. The third-order valence-corrected chi connectivity index (χ3v) is 3.13. The maximum Gasteiger partial charge on any atom is 0.315 e. The van der Waals surface area contributed by atoms with E-state index in [0.29, 0.717) is 5.76 Å². The van der Waals surface area contributed by atoms with Gasteiger partial charge in [0, 0.05) is 5.92 Å². The molecule has 1 heterocycles. The molecule has 0 aromatic rings. The molecule has 1 saturated carbocycles. The minimum atomic E-state index is -0.196. The zero-order valence-electron chi connectivity index (χ0n) is 6.73. The van der Waals surface area contributed by atoms with Gasteiger partial charge in [0.05, 0.1) is 5.92 Å². The molecule has 1 aliphatic carbocycles. The lowest BCUT2D eigenvalue weighted by molar-refractivity contribution is -0.139. The van der Waals surface area contributed by atoms with Gasteiger partial charge >= 0.3 is 5.97 Å². The van der Waals surface area contributed by atoms with E-state index in [1.165, 1.54) is 0 Å². The first-order valence-corrected chi connectivity index (χ1v) is 4.48. The SMILES string of the molecule is CC1(C)C2C(=O)OC(=C(Cl)Cl)C21. The average Bonchev–Trinajstić information content (AvgIpc) is 2.37. The van der Waals surface area contributed by atoms with Crippen molar-refractivity contribution in [1.29, 1.82) is 0 Å². The normalized spacial score (nSPS) is 36.0. The number of hydrogen-bond donors (Lipinski definition) is 0.